The van der Waals surface area contributed by atoms with Crippen molar-refractivity contribution < 1.29 is 25.8 Å². The summed E-state index contributed by atoms with van der Waals surface area (Å²) in [5.74, 6) is 2.15. The van der Waals surface area contributed by atoms with Crippen molar-refractivity contribution in [3.8, 4) is 50.7 Å². The summed E-state index contributed by atoms with van der Waals surface area (Å²) in [5, 5.41) is 2.58. The predicted octanol–water partition coefficient (Wildman–Crippen LogP) is 17.2. The number of pyridine rings is 1. The fourth-order valence-electron chi connectivity index (χ4n) is 13.2. The Morgan fingerprint density at radius 3 is 1.63 bits per heavy atom. The normalized spacial score (nSPS) is 14.2. The molecule has 0 aliphatic carbocycles. The van der Waals surface area contributed by atoms with Crippen LogP contribution in [0.1, 0.15) is 105 Å². The molecule has 1 spiro atoms. The van der Waals surface area contributed by atoms with Gasteiger partial charge in [-0.15, -0.1) is 0 Å². The van der Waals surface area contributed by atoms with Crippen LogP contribution in [0, 0.1) is 18.8 Å². The van der Waals surface area contributed by atoms with Gasteiger partial charge in [0.2, 0.25) is 0 Å². The van der Waals surface area contributed by atoms with E-state index < -0.39 is 13.3 Å². The van der Waals surface area contributed by atoms with Crippen molar-refractivity contribution in [1.82, 2.24) is 9.55 Å². The third-order valence-corrected chi connectivity index (χ3v) is 27.8. The van der Waals surface area contributed by atoms with E-state index in [0.717, 1.165) is 39.6 Å². The molecule has 3 aliphatic heterocycles. The molecule has 0 fully saturated rings. The van der Waals surface area contributed by atoms with Gasteiger partial charge in [-0.05, 0) is 56.2 Å². The van der Waals surface area contributed by atoms with Crippen LogP contribution < -0.4 is 32.1 Å². The van der Waals surface area contributed by atoms with E-state index in [-0.39, 0.29) is 42.7 Å². The van der Waals surface area contributed by atoms with Gasteiger partial charge in [-0.1, -0.05) is 111 Å². The molecule has 11 aromatic rings. The molecule has 0 amide bonds. The Balaban J connectivity index is 0.00000645. The van der Waals surface area contributed by atoms with Crippen molar-refractivity contribution in [2.24, 2.45) is 0 Å². The van der Waals surface area contributed by atoms with Crippen LogP contribution in [0.4, 0.5) is 22.7 Å². The van der Waals surface area contributed by atoms with Crippen molar-refractivity contribution in [2.45, 2.75) is 105 Å². The zero-order valence-corrected chi connectivity index (χ0v) is 53.9. The molecule has 0 unspecified atom stereocenters. The molecule has 416 valence electrons. The van der Waals surface area contributed by atoms with Gasteiger partial charge in [0.15, 0.2) is 0 Å². The summed E-state index contributed by atoms with van der Waals surface area (Å²) in [6, 6.07) is 77.9. The number of aromatic nitrogens is 2. The quantitative estimate of drug-likeness (QED) is 0.118. The Kier molecular flexibility index (Phi) is 12.9. The number of benzene rings is 9. The molecular formula is C76H69GeN4OPt-3. The molecule has 0 radical (unpaired) electrons. The van der Waals surface area contributed by atoms with Crippen LogP contribution in [0.3, 0.4) is 0 Å². The first-order chi connectivity index (χ1) is 39.2. The minimum atomic E-state index is -3.64. The standard InChI is InChI=1S/C76H69GeN4O.Pt/c1-73(2,3)50-36-37-78-69(43-50)81-67-35-23-32-63-70(67)71-64(77(63)61-30-18-16-28-57(61)58-29-17-19-31-62(58)77)45-56(46-68(71)81)82-55-27-22-26-54(44-55)79-47-80(66-34-21-20-33-65(66)79)72-59(48-24-14-13-15-25-48)41-53(76(10,11)12)42-60(72)49-38-51(74(4,5)6)40-52(39-49)75(7,8)9;/h13-43,45,47H,1-12H3;/q-3;. The van der Waals surface area contributed by atoms with Crippen LogP contribution in [0.2, 0.25) is 0 Å². The summed E-state index contributed by atoms with van der Waals surface area (Å²) >= 11 is -3.64. The number of rotatable bonds is 7. The van der Waals surface area contributed by atoms with Crippen molar-refractivity contribution >= 4 is 75.4 Å². The molecule has 7 heteroatoms. The molecule has 0 saturated heterocycles. The van der Waals surface area contributed by atoms with Gasteiger partial charge in [0, 0.05) is 21.1 Å². The number of anilines is 4. The maximum absolute atomic E-state index is 7.27. The molecule has 0 bridgehead atoms. The fourth-order valence-corrected chi connectivity index (χ4v) is 25.0. The molecule has 83 heavy (non-hydrogen) atoms. The van der Waals surface area contributed by atoms with Gasteiger partial charge in [-0.3, -0.25) is 0 Å². The third-order valence-electron chi connectivity index (χ3n) is 17.5. The largest absolute Gasteiger partial charge is 0.0561 e. The second kappa shape index (κ2) is 19.6. The van der Waals surface area contributed by atoms with Crippen LogP contribution in [0.25, 0.3) is 61.0 Å². The molecule has 0 N–H and O–H groups in total. The summed E-state index contributed by atoms with van der Waals surface area (Å²) in [6.07, 6.45) is 1.96. The molecule has 0 saturated carbocycles. The summed E-state index contributed by atoms with van der Waals surface area (Å²) in [5.41, 5.74) is 18.5. The van der Waals surface area contributed by atoms with Gasteiger partial charge in [-0.2, -0.15) is 0 Å². The van der Waals surface area contributed by atoms with E-state index in [2.05, 4.69) is 298 Å². The average Bonchev–Trinajstić information content (AvgIpc) is 1.68. The van der Waals surface area contributed by atoms with Crippen LogP contribution >= 0.6 is 0 Å². The van der Waals surface area contributed by atoms with Crippen molar-refractivity contribution in [1.29, 1.82) is 0 Å². The number of hydrogen-bond acceptors (Lipinski definition) is 4. The van der Waals surface area contributed by atoms with Crippen LogP contribution in [0.5, 0.6) is 11.5 Å². The first-order valence-electron chi connectivity index (χ1n) is 29.0. The average molecular weight is 1320 g/mol. The number of para-hydroxylation sites is 2. The Labute approximate surface area is 507 Å². The Hall–Kier alpha value is -7.44. The number of hydrogen-bond donors (Lipinski definition) is 0. The Morgan fingerprint density at radius 1 is 0.434 bits per heavy atom. The molecule has 2 aromatic heterocycles. The Morgan fingerprint density at radius 2 is 0.988 bits per heavy atom. The summed E-state index contributed by atoms with van der Waals surface area (Å²) < 4.78 is 15.4. The number of nitrogens with zero attached hydrogens (tertiary/aromatic N) is 4. The molecular weight excluding hydrogens is 1250 g/mol. The fraction of sp³-hybridized carbons (Fsp3) is 0.211. The van der Waals surface area contributed by atoms with E-state index in [0.29, 0.717) is 11.5 Å². The molecule has 5 heterocycles. The van der Waals surface area contributed by atoms with E-state index in [1.54, 1.807) is 0 Å². The number of fused-ring (bicyclic) bond motifs is 8. The first-order valence-corrected chi connectivity index (χ1v) is 33.2. The van der Waals surface area contributed by atoms with Gasteiger partial charge >= 0.3 is 323 Å². The second-order valence-electron chi connectivity index (χ2n) is 27.0. The molecule has 5 nitrogen and oxygen atoms in total. The van der Waals surface area contributed by atoms with Crippen molar-refractivity contribution in [3.63, 3.8) is 0 Å². The van der Waals surface area contributed by atoms with Gasteiger partial charge < -0.3 is 0 Å². The van der Waals surface area contributed by atoms with E-state index in [4.69, 9.17) is 9.72 Å². The second-order valence-corrected chi connectivity index (χ2v) is 34.6. The topological polar surface area (TPSA) is 33.5 Å². The van der Waals surface area contributed by atoms with Gasteiger partial charge in [0.05, 0.1) is 0 Å². The monoisotopic (exact) mass is 1320 g/mol. The smallest absolute Gasteiger partial charge is 0 e. The summed E-state index contributed by atoms with van der Waals surface area (Å²) in [4.78, 5) is 9.81. The van der Waals surface area contributed by atoms with E-state index in [9.17, 15) is 0 Å². The van der Waals surface area contributed by atoms with Gasteiger partial charge in [0.25, 0.3) is 0 Å². The zero-order chi connectivity index (χ0) is 56.8. The van der Waals surface area contributed by atoms with E-state index in [1.165, 1.54) is 84.0 Å². The van der Waals surface area contributed by atoms with Crippen LogP contribution in [0.15, 0.2) is 194 Å². The molecule has 9 aromatic carbocycles. The van der Waals surface area contributed by atoms with Crippen LogP contribution in [-0.4, -0.2) is 22.8 Å². The molecule has 0 atom stereocenters. The molecule has 14 rings (SSSR count). The SMILES string of the molecule is CC(C)(C)c1cc(-c2cc(C(C)(C)C)cc(-c3ccccc3)c2N2[CH-]N(c3[c-]c(Oc4[c-]c5c6[c](c4)[Ge]4([c]7ccccc7-c7cccc[c]74)[c]4cccc(c46)n5-c4cc(C(C)(C)C)ccn4)ccc3)c3ccccc32)cc(C(C)(C)C)c1.[Pt]. The first kappa shape index (κ1) is 54.8. The summed E-state index contributed by atoms with van der Waals surface area (Å²) in [7, 11) is 0. The third kappa shape index (κ3) is 8.77. The predicted molar refractivity (Wildman–Crippen MR) is 346 cm³/mol. The van der Waals surface area contributed by atoms with Crippen molar-refractivity contribution in [3.05, 3.63) is 235 Å². The van der Waals surface area contributed by atoms with E-state index in [1.807, 2.05) is 12.3 Å². The van der Waals surface area contributed by atoms with Crippen molar-refractivity contribution in [2.75, 3.05) is 9.80 Å². The van der Waals surface area contributed by atoms with Gasteiger partial charge in [-0.25, -0.2) is 0 Å². The minimum absolute atomic E-state index is 0. The summed E-state index contributed by atoms with van der Waals surface area (Å²) in [6.45, 7) is 30.0. The maximum Gasteiger partial charge on any atom is 0 e. The van der Waals surface area contributed by atoms with E-state index >= 15 is 0 Å². The Bertz CT molecular complexity index is 4330. The van der Waals surface area contributed by atoms with Gasteiger partial charge in [0.1, 0.15) is 0 Å². The van der Waals surface area contributed by atoms with Crippen LogP contribution in [-0.2, 0) is 42.7 Å². The molecule has 3 aliphatic rings. The minimum Gasteiger partial charge on any atom is -0.0561 e. The zero-order valence-electron chi connectivity index (χ0n) is 49.6. The number of ether oxygens (including phenoxy) is 1. The maximum atomic E-state index is 7.27.